The van der Waals surface area contributed by atoms with Gasteiger partial charge in [-0.3, -0.25) is 14.7 Å². The molecule has 1 aliphatic carbocycles. The van der Waals surface area contributed by atoms with Gasteiger partial charge in [0, 0.05) is 45.3 Å². The number of aromatic nitrogens is 1. The number of nitrogens with zero attached hydrogens (tertiary/aromatic N) is 3. The number of carbonyl (C=O) groups excluding carboxylic acids is 1. The van der Waals surface area contributed by atoms with Crippen molar-refractivity contribution in [2.75, 3.05) is 33.2 Å². The Labute approximate surface area is 182 Å². The minimum Gasteiger partial charge on any atom is -0.355 e. The molecule has 0 aromatic carbocycles. The molecule has 3 N–H and O–H groups in total. The molecule has 1 aliphatic heterocycles. The summed E-state index contributed by atoms with van der Waals surface area (Å²) in [6, 6.07) is 1.25. The number of halogens is 1. The van der Waals surface area contributed by atoms with E-state index in [9.17, 15) is 4.79 Å². The first-order valence-electron chi connectivity index (χ1n) is 9.57. The van der Waals surface area contributed by atoms with Crippen molar-refractivity contribution in [1.82, 2.24) is 25.8 Å². The number of amides is 1. The van der Waals surface area contributed by atoms with E-state index in [2.05, 4.69) is 30.8 Å². The van der Waals surface area contributed by atoms with E-state index in [0.29, 0.717) is 24.0 Å². The molecule has 2 fully saturated rings. The molecule has 9 heteroatoms. The molecule has 1 unspecified atom stereocenters. The fourth-order valence-corrected chi connectivity index (χ4v) is 4.57. The molecule has 152 valence electrons. The maximum atomic E-state index is 12.1. The topological polar surface area (TPSA) is 81.6 Å². The van der Waals surface area contributed by atoms with E-state index in [1.165, 1.54) is 50.0 Å². The van der Waals surface area contributed by atoms with Crippen LogP contribution in [0.4, 0.5) is 0 Å². The number of nitrogens with one attached hydrogen (secondary N) is 3. The lowest BCUT2D eigenvalue weighted by atomic mass is 10.2. The van der Waals surface area contributed by atoms with Crippen LogP contribution in [0.2, 0.25) is 0 Å². The minimum atomic E-state index is -0.0576. The van der Waals surface area contributed by atoms with Crippen LogP contribution >= 0.6 is 35.3 Å². The number of guanidine groups is 1. The Bertz CT molecular complexity index is 631. The zero-order chi connectivity index (χ0) is 18.4. The summed E-state index contributed by atoms with van der Waals surface area (Å²) in [7, 11) is 1.79. The van der Waals surface area contributed by atoms with Crippen molar-refractivity contribution < 1.29 is 4.79 Å². The molecule has 0 radical (unpaired) electrons. The molecule has 27 heavy (non-hydrogen) atoms. The van der Waals surface area contributed by atoms with Gasteiger partial charge in [0.2, 0.25) is 0 Å². The monoisotopic (exact) mass is 506 g/mol. The first-order chi connectivity index (χ1) is 12.7. The Hall–Kier alpha value is -0.940. The van der Waals surface area contributed by atoms with Crippen molar-refractivity contribution in [3.63, 3.8) is 0 Å². The van der Waals surface area contributed by atoms with Crippen LogP contribution in [0.15, 0.2) is 10.5 Å². The molecular formula is C18H31IN6OS. The fourth-order valence-electron chi connectivity index (χ4n) is 3.85. The second-order valence-electron chi connectivity index (χ2n) is 7.08. The molecule has 1 aromatic rings. The van der Waals surface area contributed by atoms with Crippen molar-refractivity contribution in [2.24, 2.45) is 4.99 Å². The smallest absolute Gasteiger partial charge is 0.263 e. The van der Waals surface area contributed by atoms with E-state index in [4.69, 9.17) is 0 Å². The number of likely N-dealkylation sites (tertiary alicyclic amines) is 1. The van der Waals surface area contributed by atoms with E-state index in [1.807, 2.05) is 6.92 Å². The number of aryl methyl sites for hydroxylation is 1. The van der Waals surface area contributed by atoms with Crippen molar-refractivity contribution in [3.8, 4) is 0 Å². The lowest BCUT2D eigenvalue weighted by molar-refractivity contribution is 0.0957. The number of carbonyl (C=O) groups is 1. The van der Waals surface area contributed by atoms with Gasteiger partial charge in [-0.15, -0.1) is 35.3 Å². The molecule has 1 amide bonds. The molecule has 1 saturated carbocycles. The van der Waals surface area contributed by atoms with E-state index < -0.39 is 0 Å². The number of aliphatic imine (C=N–C) groups is 1. The largest absolute Gasteiger partial charge is 0.355 e. The molecule has 1 saturated heterocycles. The van der Waals surface area contributed by atoms with Crippen LogP contribution < -0.4 is 16.0 Å². The highest BCUT2D eigenvalue weighted by Gasteiger charge is 2.30. The van der Waals surface area contributed by atoms with E-state index in [0.717, 1.165) is 24.2 Å². The summed E-state index contributed by atoms with van der Waals surface area (Å²) in [4.78, 5) is 23.8. The highest BCUT2D eigenvalue weighted by atomic mass is 127. The summed E-state index contributed by atoms with van der Waals surface area (Å²) < 4.78 is 0. The average molecular weight is 506 g/mol. The van der Waals surface area contributed by atoms with Crippen LogP contribution in [0.1, 0.15) is 47.5 Å². The molecule has 0 spiro atoms. The van der Waals surface area contributed by atoms with Crippen LogP contribution in [0.25, 0.3) is 0 Å². The highest BCUT2D eigenvalue weighted by molar-refractivity contribution is 14.0. The number of thiazole rings is 1. The summed E-state index contributed by atoms with van der Waals surface area (Å²) in [5, 5.41) is 9.73. The molecule has 0 bridgehead atoms. The maximum Gasteiger partial charge on any atom is 0.263 e. The minimum absolute atomic E-state index is 0. The Morgan fingerprint density at radius 1 is 1.30 bits per heavy atom. The number of hydrogen-bond donors (Lipinski definition) is 3. The normalized spacial score (nSPS) is 21.1. The van der Waals surface area contributed by atoms with Gasteiger partial charge in [0.25, 0.3) is 5.91 Å². The first-order valence-corrected chi connectivity index (χ1v) is 10.4. The number of rotatable bonds is 6. The van der Waals surface area contributed by atoms with Gasteiger partial charge < -0.3 is 16.0 Å². The third-order valence-electron chi connectivity index (χ3n) is 5.28. The van der Waals surface area contributed by atoms with Gasteiger partial charge in [0.15, 0.2) is 5.96 Å². The Morgan fingerprint density at radius 2 is 2.04 bits per heavy atom. The predicted molar refractivity (Wildman–Crippen MR) is 121 cm³/mol. The maximum absolute atomic E-state index is 12.1. The van der Waals surface area contributed by atoms with Crippen LogP contribution in [0, 0.1) is 6.92 Å². The summed E-state index contributed by atoms with van der Waals surface area (Å²) in [5.41, 5.74) is 2.48. The summed E-state index contributed by atoms with van der Waals surface area (Å²) in [6.07, 6.45) is 6.65. The van der Waals surface area contributed by atoms with Gasteiger partial charge in [0.05, 0.1) is 11.2 Å². The average Bonchev–Trinajstić information content (AvgIpc) is 3.38. The summed E-state index contributed by atoms with van der Waals surface area (Å²) in [6.45, 7) is 5.33. The molecule has 7 nitrogen and oxygen atoms in total. The van der Waals surface area contributed by atoms with Gasteiger partial charge in [0.1, 0.15) is 4.88 Å². The third-order valence-corrected chi connectivity index (χ3v) is 6.21. The van der Waals surface area contributed by atoms with Crippen LogP contribution in [-0.2, 0) is 0 Å². The van der Waals surface area contributed by atoms with Crippen molar-refractivity contribution >= 4 is 47.2 Å². The lowest BCUT2D eigenvalue weighted by Gasteiger charge is -2.24. The van der Waals surface area contributed by atoms with Gasteiger partial charge in [-0.1, -0.05) is 12.8 Å². The molecule has 2 heterocycles. The summed E-state index contributed by atoms with van der Waals surface area (Å²) in [5.74, 6) is 0.754. The fraction of sp³-hybridized carbons (Fsp3) is 0.722. The molecule has 3 rings (SSSR count). The second kappa shape index (κ2) is 11.2. The van der Waals surface area contributed by atoms with Crippen LogP contribution in [0.3, 0.4) is 0 Å². The molecular weight excluding hydrogens is 475 g/mol. The van der Waals surface area contributed by atoms with Crippen LogP contribution in [-0.4, -0.2) is 67.1 Å². The standard InChI is InChI=1S/C18H30N6OS.HI/c1-13-16(26-12-22-13)17(25)20-8-9-21-18(19-2)23-14-7-10-24(11-14)15-5-3-4-6-15;/h12,14-15H,3-11H2,1-2H3,(H,20,25)(H2,19,21,23);1H. The lowest BCUT2D eigenvalue weighted by Crippen LogP contribution is -2.47. The Kier molecular flexibility index (Phi) is 9.24. The van der Waals surface area contributed by atoms with Crippen molar-refractivity contribution in [1.29, 1.82) is 0 Å². The van der Waals surface area contributed by atoms with Crippen LogP contribution in [0.5, 0.6) is 0 Å². The van der Waals surface area contributed by atoms with Crippen molar-refractivity contribution in [3.05, 3.63) is 16.1 Å². The Balaban J connectivity index is 0.00000261. The quantitative estimate of drug-likeness (QED) is 0.238. The van der Waals surface area contributed by atoms with Gasteiger partial charge in [-0.25, -0.2) is 4.98 Å². The second-order valence-corrected chi connectivity index (χ2v) is 7.94. The van der Waals surface area contributed by atoms with Gasteiger partial charge in [-0.2, -0.15) is 0 Å². The SMILES string of the molecule is CN=C(NCCNC(=O)c1scnc1C)NC1CCN(C2CCCC2)C1.I. The van der Waals surface area contributed by atoms with Crippen molar-refractivity contribution in [2.45, 2.75) is 51.1 Å². The van der Waals surface area contributed by atoms with Gasteiger partial charge >= 0.3 is 0 Å². The zero-order valence-corrected chi connectivity index (χ0v) is 19.3. The molecule has 1 aromatic heterocycles. The third kappa shape index (κ3) is 6.28. The molecule has 2 aliphatic rings. The zero-order valence-electron chi connectivity index (χ0n) is 16.2. The molecule has 1 atom stereocenters. The Morgan fingerprint density at radius 3 is 2.70 bits per heavy atom. The first kappa shape index (κ1) is 22.4. The highest BCUT2D eigenvalue weighted by Crippen LogP contribution is 2.26. The van der Waals surface area contributed by atoms with E-state index in [-0.39, 0.29) is 29.9 Å². The van der Waals surface area contributed by atoms with E-state index in [1.54, 1.807) is 12.6 Å². The van der Waals surface area contributed by atoms with Gasteiger partial charge in [-0.05, 0) is 26.2 Å². The van der Waals surface area contributed by atoms with E-state index >= 15 is 0 Å². The summed E-state index contributed by atoms with van der Waals surface area (Å²) >= 11 is 1.37. The number of hydrogen-bond acceptors (Lipinski definition) is 5. The predicted octanol–water partition coefficient (Wildman–Crippen LogP) is 1.98.